The average molecular weight is 389 g/mol. The van der Waals surface area contributed by atoms with E-state index in [0.29, 0.717) is 16.6 Å². The molecule has 3 aromatic rings. The molecule has 11 heteroatoms. The highest BCUT2D eigenvalue weighted by molar-refractivity contribution is 7.89. The second-order valence-corrected chi connectivity index (χ2v) is 7.31. The van der Waals surface area contributed by atoms with Crippen molar-refractivity contribution in [1.29, 1.82) is 0 Å². The SMILES string of the molecule is CCNS(=O)(=O)c1ccc(NC(=O)c2n[nH]c3ccc([N+](=O)[O-])cc23)cc1. The Kier molecular flexibility index (Phi) is 4.88. The molecule has 0 saturated heterocycles. The number of carbonyl (C=O) groups is 1. The minimum Gasteiger partial charge on any atom is -0.321 e. The molecule has 0 unspecified atom stereocenters. The third-order valence-corrected chi connectivity index (χ3v) is 5.29. The molecule has 1 heterocycles. The van der Waals surface area contributed by atoms with Crippen LogP contribution in [0.2, 0.25) is 0 Å². The summed E-state index contributed by atoms with van der Waals surface area (Å²) in [6.45, 7) is 1.93. The van der Waals surface area contributed by atoms with Crippen molar-refractivity contribution in [3.63, 3.8) is 0 Å². The monoisotopic (exact) mass is 389 g/mol. The third kappa shape index (κ3) is 3.78. The van der Waals surface area contributed by atoms with Crippen LogP contribution in [0.5, 0.6) is 0 Å². The highest BCUT2D eigenvalue weighted by Gasteiger charge is 2.18. The largest absolute Gasteiger partial charge is 0.321 e. The van der Waals surface area contributed by atoms with Gasteiger partial charge in [0, 0.05) is 29.8 Å². The van der Waals surface area contributed by atoms with Crippen molar-refractivity contribution >= 4 is 38.2 Å². The molecule has 0 spiro atoms. The first-order valence-corrected chi connectivity index (χ1v) is 9.33. The maximum absolute atomic E-state index is 12.5. The molecule has 140 valence electrons. The fourth-order valence-electron chi connectivity index (χ4n) is 2.47. The molecule has 3 N–H and O–H groups in total. The van der Waals surface area contributed by atoms with Gasteiger partial charge in [-0.15, -0.1) is 0 Å². The Morgan fingerprint density at radius 3 is 2.56 bits per heavy atom. The van der Waals surface area contributed by atoms with E-state index < -0.39 is 20.9 Å². The standard InChI is InChI=1S/C16H15N5O5S/c1-2-17-27(25,26)12-6-3-10(4-7-12)18-16(22)15-13-9-11(21(23)24)5-8-14(13)19-20-15/h3-9,17H,2H2,1H3,(H,18,22)(H,19,20). The summed E-state index contributed by atoms with van der Waals surface area (Å²) in [6.07, 6.45) is 0. The maximum atomic E-state index is 12.5. The number of nitrogens with zero attached hydrogens (tertiary/aromatic N) is 2. The van der Waals surface area contributed by atoms with E-state index in [2.05, 4.69) is 20.2 Å². The van der Waals surface area contributed by atoms with Crippen molar-refractivity contribution in [3.8, 4) is 0 Å². The number of nitro groups is 1. The molecule has 0 aliphatic heterocycles. The van der Waals surface area contributed by atoms with E-state index in [1.54, 1.807) is 6.92 Å². The summed E-state index contributed by atoms with van der Waals surface area (Å²) >= 11 is 0. The van der Waals surface area contributed by atoms with Crippen molar-refractivity contribution in [3.05, 3.63) is 58.3 Å². The lowest BCUT2D eigenvalue weighted by Crippen LogP contribution is -2.23. The molecular weight excluding hydrogens is 374 g/mol. The van der Waals surface area contributed by atoms with Gasteiger partial charge in [0.2, 0.25) is 10.0 Å². The number of nitrogens with one attached hydrogen (secondary N) is 3. The topological polar surface area (TPSA) is 147 Å². The Morgan fingerprint density at radius 2 is 1.93 bits per heavy atom. The summed E-state index contributed by atoms with van der Waals surface area (Å²) in [6, 6.07) is 9.66. The quantitative estimate of drug-likeness (QED) is 0.434. The number of aromatic amines is 1. The van der Waals surface area contributed by atoms with E-state index >= 15 is 0 Å². The van der Waals surface area contributed by atoms with Crippen molar-refractivity contribution in [2.45, 2.75) is 11.8 Å². The summed E-state index contributed by atoms with van der Waals surface area (Å²) in [5.41, 5.74) is 0.684. The van der Waals surface area contributed by atoms with Gasteiger partial charge in [-0.05, 0) is 30.3 Å². The zero-order valence-electron chi connectivity index (χ0n) is 14.1. The second kappa shape index (κ2) is 7.13. The number of sulfonamides is 1. The lowest BCUT2D eigenvalue weighted by molar-refractivity contribution is -0.384. The Morgan fingerprint density at radius 1 is 1.22 bits per heavy atom. The average Bonchev–Trinajstić information content (AvgIpc) is 3.05. The van der Waals surface area contributed by atoms with E-state index in [1.165, 1.54) is 42.5 Å². The number of non-ortho nitro benzene ring substituents is 1. The lowest BCUT2D eigenvalue weighted by atomic mass is 10.2. The van der Waals surface area contributed by atoms with Crippen molar-refractivity contribution in [2.24, 2.45) is 0 Å². The predicted octanol–water partition coefficient (Wildman–Crippen LogP) is 2.02. The Labute approximate surface area is 153 Å². The molecule has 10 nitrogen and oxygen atoms in total. The first-order chi connectivity index (χ1) is 12.8. The Balaban J connectivity index is 1.84. The smallest absolute Gasteiger partial charge is 0.276 e. The second-order valence-electron chi connectivity index (χ2n) is 5.54. The molecule has 0 aliphatic rings. The van der Waals surface area contributed by atoms with Gasteiger partial charge in [-0.25, -0.2) is 13.1 Å². The van der Waals surface area contributed by atoms with Crippen molar-refractivity contribution in [1.82, 2.24) is 14.9 Å². The van der Waals surface area contributed by atoms with Crippen LogP contribution < -0.4 is 10.0 Å². The van der Waals surface area contributed by atoms with E-state index in [-0.39, 0.29) is 22.8 Å². The fraction of sp³-hybridized carbons (Fsp3) is 0.125. The Hall–Kier alpha value is -3.31. The lowest BCUT2D eigenvalue weighted by Gasteiger charge is -2.07. The number of fused-ring (bicyclic) bond motifs is 1. The first-order valence-electron chi connectivity index (χ1n) is 7.85. The number of hydrogen-bond donors (Lipinski definition) is 3. The van der Waals surface area contributed by atoms with E-state index in [9.17, 15) is 23.3 Å². The summed E-state index contributed by atoms with van der Waals surface area (Å²) in [5.74, 6) is -0.580. The van der Waals surface area contributed by atoms with Gasteiger partial charge in [0.25, 0.3) is 11.6 Å². The van der Waals surface area contributed by atoms with Gasteiger partial charge in [0.15, 0.2) is 5.69 Å². The molecule has 0 aliphatic carbocycles. The van der Waals surface area contributed by atoms with Crippen LogP contribution in [0.1, 0.15) is 17.4 Å². The molecule has 3 rings (SSSR count). The van der Waals surface area contributed by atoms with Crippen LogP contribution >= 0.6 is 0 Å². The Bertz CT molecular complexity index is 1120. The molecule has 0 radical (unpaired) electrons. The maximum Gasteiger partial charge on any atom is 0.276 e. The van der Waals surface area contributed by atoms with Crippen LogP contribution in [0.15, 0.2) is 47.4 Å². The minimum atomic E-state index is -3.58. The minimum absolute atomic E-state index is 0.00181. The number of anilines is 1. The number of benzene rings is 2. The van der Waals surface area contributed by atoms with Gasteiger partial charge in [0.1, 0.15) is 0 Å². The number of rotatable bonds is 6. The molecule has 1 aromatic heterocycles. The van der Waals surface area contributed by atoms with Crippen LogP contribution in [0.3, 0.4) is 0 Å². The summed E-state index contributed by atoms with van der Waals surface area (Å²) in [7, 11) is -3.58. The predicted molar refractivity (Wildman–Crippen MR) is 98.0 cm³/mol. The highest BCUT2D eigenvalue weighted by Crippen LogP contribution is 2.23. The van der Waals surface area contributed by atoms with E-state index in [0.717, 1.165) is 0 Å². The van der Waals surface area contributed by atoms with Crippen molar-refractivity contribution < 1.29 is 18.1 Å². The van der Waals surface area contributed by atoms with E-state index in [4.69, 9.17) is 0 Å². The zero-order chi connectivity index (χ0) is 19.6. The number of H-pyrrole nitrogens is 1. The number of aromatic nitrogens is 2. The summed E-state index contributed by atoms with van der Waals surface area (Å²) in [4.78, 5) is 22.9. The van der Waals surface area contributed by atoms with Crippen molar-refractivity contribution in [2.75, 3.05) is 11.9 Å². The molecule has 0 atom stereocenters. The molecule has 0 fully saturated rings. The first kappa shape index (κ1) is 18.5. The van der Waals surface area contributed by atoms with Crippen LogP contribution in [0.4, 0.5) is 11.4 Å². The summed E-state index contributed by atoms with van der Waals surface area (Å²) < 4.78 is 26.2. The van der Waals surface area contributed by atoms with E-state index in [1.807, 2.05) is 0 Å². The van der Waals surface area contributed by atoms with Crippen LogP contribution in [0.25, 0.3) is 10.9 Å². The zero-order valence-corrected chi connectivity index (χ0v) is 14.9. The van der Waals surface area contributed by atoms with Gasteiger partial charge in [0.05, 0.1) is 15.3 Å². The number of amides is 1. The van der Waals surface area contributed by atoms with Crippen LogP contribution in [0, 0.1) is 10.1 Å². The molecule has 1 amide bonds. The molecule has 2 aromatic carbocycles. The molecular formula is C16H15N5O5S. The van der Waals surface area contributed by atoms with Crippen LogP contribution in [-0.4, -0.2) is 36.0 Å². The number of hydrogen-bond acceptors (Lipinski definition) is 6. The normalized spacial score (nSPS) is 11.4. The third-order valence-electron chi connectivity index (χ3n) is 3.73. The van der Waals surface area contributed by atoms with Gasteiger partial charge in [-0.1, -0.05) is 6.92 Å². The fourth-order valence-corrected chi connectivity index (χ4v) is 3.51. The highest BCUT2D eigenvalue weighted by atomic mass is 32.2. The summed E-state index contributed by atoms with van der Waals surface area (Å²) in [5, 5.41) is 20.4. The van der Waals surface area contributed by atoms with Gasteiger partial charge >= 0.3 is 0 Å². The number of carbonyl (C=O) groups excluding carboxylic acids is 1. The van der Waals surface area contributed by atoms with Gasteiger partial charge in [-0.3, -0.25) is 20.0 Å². The molecule has 0 bridgehead atoms. The molecule has 0 saturated carbocycles. The molecule has 27 heavy (non-hydrogen) atoms. The van der Waals surface area contributed by atoms with Crippen LogP contribution in [-0.2, 0) is 10.0 Å². The van der Waals surface area contributed by atoms with Gasteiger partial charge < -0.3 is 5.32 Å². The van der Waals surface area contributed by atoms with Gasteiger partial charge in [-0.2, -0.15) is 5.10 Å². The number of nitro benzene ring substituents is 1.